The second-order valence-electron chi connectivity index (χ2n) is 6.03. The molecule has 4 N–H and O–H groups in total. The average Bonchev–Trinajstić information content (AvgIpc) is 2.50. The minimum absolute atomic E-state index is 0.124. The molecule has 0 heterocycles. The van der Waals surface area contributed by atoms with Gasteiger partial charge in [-0.25, -0.2) is 0 Å². The summed E-state index contributed by atoms with van der Waals surface area (Å²) >= 11 is 1.82. The molecule has 6 nitrogen and oxygen atoms in total. The number of carbonyl (C=O) groups is 2. The molecule has 0 aliphatic heterocycles. The normalized spacial score (nSPS) is 14.3. The van der Waals surface area contributed by atoms with E-state index in [4.69, 9.17) is 5.11 Å². The Hall–Kier alpha value is -0.790. The molecule has 0 saturated carbocycles. The van der Waals surface area contributed by atoms with E-state index < -0.39 is 17.4 Å². The third kappa shape index (κ3) is 8.60. The quantitative estimate of drug-likeness (QED) is 0.413. The van der Waals surface area contributed by atoms with Crippen LogP contribution in [0.3, 0.4) is 0 Å². The molecule has 0 radical (unpaired) electrons. The third-order valence-electron chi connectivity index (χ3n) is 3.45. The highest BCUT2D eigenvalue weighted by molar-refractivity contribution is 7.99. The van der Waals surface area contributed by atoms with E-state index in [9.17, 15) is 14.7 Å². The van der Waals surface area contributed by atoms with E-state index >= 15 is 0 Å². The van der Waals surface area contributed by atoms with Crippen LogP contribution in [-0.4, -0.2) is 58.8 Å². The Labute approximate surface area is 137 Å². The number of aliphatic hydroxyl groups excluding tert-OH is 2. The van der Waals surface area contributed by atoms with Crippen molar-refractivity contribution in [3.63, 3.8) is 0 Å². The summed E-state index contributed by atoms with van der Waals surface area (Å²) in [5, 5.41) is 24.8. The number of nitrogens with one attached hydrogen (secondary N) is 2. The van der Waals surface area contributed by atoms with Crippen molar-refractivity contribution < 1.29 is 19.8 Å². The van der Waals surface area contributed by atoms with Crippen molar-refractivity contribution in [2.45, 2.75) is 51.9 Å². The maximum Gasteiger partial charge on any atom is 0.249 e. The van der Waals surface area contributed by atoms with Crippen LogP contribution in [0.5, 0.6) is 0 Å². The number of carbonyl (C=O) groups excluding carboxylic acids is 2. The molecule has 0 aromatic heterocycles. The van der Waals surface area contributed by atoms with Gasteiger partial charge in [0.15, 0.2) is 0 Å². The maximum atomic E-state index is 11.7. The summed E-state index contributed by atoms with van der Waals surface area (Å²) in [5.74, 6) is 0.177. The van der Waals surface area contributed by atoms with Crippen molar-refractivity contribution in [1.29, 1.82) is 0 Å². The van der Waals surface area contributed by atoms with Gasteiger partial charge in [0.2, 0.25) is 11.8 Å². The lowest BCUT2D eigenvalue weighted by molar-refractivity contribution is -0.137. The van der Waals surface area contributed by atoms with E-state index in [-0.39, 0.29) is 25.5 Å². The molecule has 0 aromatic carbocycles. The molecular formula is C15H30N2O4S. The molecule has 0 aliphatic carbocycles. The summed E-state index contributed by atoms with van der Waals surface area (Å²) in [4.78, 5) is 23.3. The minimum atomic E-state index is -1.30. The number of hydrogen-bond acceptors (Lipinski definition) is 5. The first-order valence-electron chi connectivity index (χ1n) is 7.69. The predicted octanol–water partition coefficient (Wildman–Crippen LogP) is 0.520. The fourth-order valence-corrected chi connectivity index (χ4v) is 2.35. The summed E-state index contributed by atoms with van der Waals surface area (Å²) in [6.45, 7) is 7.96. The second kappa shape index (κ2) is 10.9. The van der Waals surface area contributed by atoms with Crippen LogP contribution in [0.15, 0.2) is 0 Å². The van der Waals surface area contributed by atoms with Gasteiger partial charge in [-0.1, -0.05) is 27.7 Å². The minimum Gasteiger partial charge on any atom is -0.396 e. The van der Waals surface area contributed by atoms with Crippen molar-refractivity contribution in [3.8, 4) is 0 Å². The lowest BCUT2D eigenvalue weighted by atomic mass is 9.87. The zero-order valence-electron chi connectivity index (χ0n) is 14.0. The van der Waals surface area contributed by atoms with E-state index in [0.29, 0.717) is 11.8 Å². The van der Waals surface area contributed by atoms with E-state index in [1.165, 1.54) is 0 Å². The van der Waals surface area contributed by atoms with Crippen LogP contribution < -0.4 is 10.6 Å². The fourth-order valence-electron chi connectivity index (χ4n) is 1.49. The first kappa shape index (κ1) is 21.2. The average molecular weight is 334 g/mol. The van der Waals surface area contributed by atoms with Crippen LogP contribution in [0.1, 0.15) is 40.5 Å². The fraction of sp³-hybridized carbons (Fsp3) is 0.867. The largest absolute Gasteiger partial charge is 0.396 e. The lowest BCUT2D eigenvalue weighted by Crippen LogP contribution is -2.46. The molecule has 0 fully saturated rings. The number of rotatable bonds is 11. The summed E-state index contributed by atoms with van der Waals surface area (Å²) in [6, 6.07) is 0. The molecule has 7 heteroatoms. The van der Waals surface area contributed by atoms with Gasteiger partial charge < -0.3 is 20.8 Å². The van der Waals surface area contributed by atoms with Crippen LogP contribution >= 0.6 is 11.8 Å². The molecule has 2 amide bonds. The van der Waals surface area contributed by atoms with Crippen LogP contribution in [-0.2, 0) is 9.59 Å². The van der Waals surface area contributed by atoms with Crippen molar-refractivity contribution >= 4 is 23.6 Å². The third-order valence-corrected chi connectivity index (χ3v) is 4.79. The van der Waals surface area contributed by atoms with E-state index in [1.807, 2.05) is 11.8 Å². The molecular weight excluding hydrogens is 304 g/mol. The topological polar surface area (TPSA) is 98.7 Å². The molecule has 0 aromatic rings. The molecule has 2 atom stereocenters. The Morgan fingerprint density at radius 3 is 2.41 bits per heavy atom. The molecule has 0 aliphatic rings. The highest BCUT2D eigenvalue weighted by atomic mass is 32.2. The number of thioether (sulfide) groups is 1. The summed E-state index contributed by atoms with van der Waals surface area (Å²) < 4.78 is 0. The summed E-state index contributed by atoms with van der Waals surface area (Å²) in [5.41, 5.74) is -0.903. The number of amides is 2. The highest BCUT2D eigenvalue weighted by Crippen LogP contribution is 2.19. The van der Waals surface area contributed by atoms with Crippen LogP contribution in [0.4, 0.5) is 0 Å². The standard InChI is InChI=1S/C15H30N2O4S/c1-5-11(2)22-9-8-16-12(19)6-7-17-14(21)13(20)15(3,4)10-18/h11,13,18,20H,5-10H2,1-4H3,(H,16,19)(H,17,21)/t11?,13-/m0/s1. The Morgan fingerprint density at radius 2 is 1.86 bits per heavy atom. The number of hydrogen-bond donors (Lipinski definition) is 4. The van der Waals surface area contributed by atoms with Gasteiger partial charge in [-0.15, -0.1) is 0 Å². The van der Waals surface area contributed by atoms with Gasteiger partial charge >= 0.3 is 0 Å². The van der Waals surface area contributed by atoms with E-state index in [2.05, 4.69) is 24.5 Å². The monoisotopic (exact) mass is 334 g/mol. The highest BCUT2D eigenvalue weighted by Gasteiger charge is 2.32. The van der Waals surface area contributed by atoms with Gasteiger partial charge in [0, 0.05) is 35.9 Å². The summed E-state index contributed by atoms with van der Waals surface area (Å²) in [7, 11) is 0. The first-order chi connectivity index (χ1) is 10.2. The zero-order valence-corrected chi connectivity index (χ0v) is 14.8. The van der Waals surface area contributed by atoms with Gasteiger partial charge in [0.25, 0.3) is 0 Å². The van der Waals surface area contributed by atoms with Gasteiger partial charge in [-0.3, -0.25) is 9.59 Å². The Balaban J connectivity index is 3.82. The Bertz CT molecular complexity index is 350. The summed E-state index contributed by atoms with van der Waals surface area (Å²) in [6.07, 6.45) is -0.0177. The van der Waals surface area contributed by atoms with Crippen LogP contribution in [0.25, 0.3) is 0 Å². The van der Waals surface area contributed by atoms with Gasteiger partial charge in [-0.2, -0.15) is 11.8 Å². The molecule has 22 heavy (non-hydrogen) atoms. The van der Waals surface area contributed by atoms with Crippen molar-refractivity contribution in [3.05, 3.63) is 0 Å². The maximum absolute atomic E-state index is 11.7. The Morgan fingerprint density at radius 1 is 1.23 bits per heavy atom. The van der Waals surface area contributed by atoms with Gasteiger partial charge in [-0.05, 0) is 6.42 Å². The predicted molar refractivity (Wildman–Crippen MR) is 89.7 cm³/mol. The van der Waals surface area contributed by atoms with Crippen molar-refractivity contribution in [1.82, 2.24) is 10.6 Å². The van der Waals surface area contributed by atoms with E-state index in [1.54, 1.807) is 13.8 Å². The second-order valence-corrected chi connectivity index (χ2v) is 7.58. The number of aliphatic hydroxyl groups is 2. The van der Waals surface area contributed by atoms with Gasteiger partial charge in [0.05, 0.1) is 6.61 Å². The van der Waals surface area contributed by atoms with Crippen LogP contribution in [0.2, 0.25) is 0 Å². The molecule has 1 unspecified atom stereocenters. The van der Waals surface area contributed by atoms with Crippen molar-refractivity contribution in [2.75, 3.05) is 25.4 Å². The molecule has 0 spiro atoms. The SMILES string of the molecule is CCC(C)SCCNC(=O)CCNC(=O)[C@H](O)C(C)(C)CO. The van der Waals surface area contributed by atoms with Crippen molar-refractivity contribution in [2.24, 2.45) is 5.41 Å². The molecule has 130 valence electrons. The zero-order chi connectivity index (χ0) is 17.2. The van der Waals surface area contributed by atoms with E-state index in [0.717, 1.165) is 12.2 Å². The lowest BCUT2D eigenvalue weighted by Gasteiger charge is -2.27. The first-order valence-corrected chi connectivity index (χ1v) is 8.74. The van der Waals surface area contributed by atoms with Crippen LogP contribution in [0, 0.1) is 5.41 Å². The molecule has 0 saturated heterocycles. The molecule has 0 rings (SSSR count). The van der Waals surface area contributed by atoms with Gasteiger partial charge in [0.1, 0.15) is 6.10 Å². The Kier molecular flexibility index (Phi) is 10.5. The molecule has 0 bridgehead atoms. The smallest absolute Gasteiger partial charge is 0.249 e.